The first-order chi connectivity index (χ1) is 17.5. The molecule has 37 heavy (non-hydrogen) atoms. The summed E-state index contributed by atoms with van der Waals surface area (Å²) < 4.78 is 5.60. The number of aromatic nitrogens is 1. The molecule has 4 N–H and O–H groups in total. The molecule has 1 heterocycles. The van der Waals surface area contributed by atoms with Crippen LogP contribution in [0.25, 0.3) is 0 Å². The second kappa shape index (κ2) is 14.3. The van der Waals surface area contributed by atoms with Crippen LogP contribution in [-0.4, -0.2) is 79.9 Å². The zero-order valence-electron chi connectivity index (χ0n) is 21.9. The van der Waals surface area contributed by atoms with Crippen molar-refractivity contribution >= 4 is 24.4 Å². The maximum atomic E-state index is 13.3. The quantitative estimate of drug-likeness (QED) is 0.186. The van der Waals surface area contributed by atoms with E-state index in [0.29, 0.717) is 30.0 Å². The highest BCUT2D eigenvalue weighted by molar-refractivity contribution is 7.80. The number of pyridine rings is 1. The Bertz CT molecular complexity index is 1020. The minimum absolute atomic E-state index is 0.0610. The average Bonchev–Trinajstić information content (AvgIpc) is 2.86. The van der Waals surface area contributed by atoms with Crippen LogP contribution >= 0.6 is 12.6 Å². The van der Waals surface area contributed by atoms with Gasteiger partial charge in [-0.05, 0) is 62.1 Å². The number of aliphatic hydroxyl groups is 3. The zero-order chi connectivity index (χ0) is 27.6. The van der Waals surface area contributed by atoms with Gasteiger partial charge in [-0.25, -0.2) is 0 Å². The maximum absolute atomic E-state index is 13.3. The molecule has 204 valence electrons. The Morgan fingerprint density at radius 3 is 2.27 bits per heavy atom. The Balaban J connectivity index is 2.34. The molecule has 0 aliphatic heterocycles. The van der Waals surface area contributed by atoms with E-state index in [-0.39, 0.29) is 23.1 Å². The molecule has 0 saturated heterocycles. The SMILES string of the molecule is CCCN(CCC)C(=O)c1cc(C)cc(C(=O)NC(O)(COc2ccncc2)C(O)C(O)C[C@H](C)S)c1. The van der Waals surface area contributed by atoms with Crippen molar-refractivity contribution in [3.05, 3.63) is 59.4 Å². The van der Waals surface area contributed by atoms with Crippen molar-refractivity contribution in [1.82, 2.24) is 15.2 Å². The fourth-order valence-electron chi connectivity index (χ4n) is 3.96. The number of amides is 2. The second-order valence-electron chi connectivity index (χ2n) is 9.33. The molecule has 0 fully saturated rings. The number of aliphatic hydroxyl groups excluding tert-OH is 2. The summed E-state index contributed by atoms with van der Waals surface area (Å²) >= 11 is 4.24. The topological polar surface area (TPSA) is 132 Å². The Hall–Kier alpha value is -2.66. The van der Waals surface area contributed by atoms with Crippen LogP contribution in [0.5, 0.6) is 5.75 Å². The number of thiol groups is 1. The molecule has 9 nitrogen and oxygen atoms in total. The Morgan fingerprint density at radius 2 is 1.70 bits per heavy atom. The van der Waals surface area contributed by atoms with E-state index in [2.05, 4.69) is 22.9 Å². The van der Waals surface area contributed by atoms with E-state index in [1.807, 2.05) is 13.8 Å². The van der Waals surface area contributed by atoms with Crippen molar-refractivity contribution < 1.29 is 29.6 Å². The third-order valence-electron chi connectivity index (χ3n) is 5.74. The van der Waals surface area contributed by atoms with Crippen LogP contribution in [0.3, 0.4) is 0 Å². The summed E-state index contributed by atoms with van der Waals surface area (Å²) in [6.45, 7) is 8.13. The molecule has 0 spiro atoms. The standard InChI is InChI=1S/C27H39N3O6S/c1-5-11-30(12-6-2)26(34)21-14-18(3)13-20(16-21)25(33)29-27(35,24(32)23(31)15-19(4)37)17-36-22-7-9-28-10-8-22/h7-10,13-14,16,19,23-24,31-32,35,37H,5-6,11-12,15,17H2,1-4H3,(H,29,33)/t19-,23?,24?,27?/m0/s1. The molecule has 10 heteroatoms. The molecule has 2 rings (SSSR count). The van der Waals surface area contributed by atoms with Crippen LogP contribution in [0.4, 0.5) is 0 Å². The van der Waals surface area contributed by atoms with Crippen LogP contribution in [-0.2, 0) is 0 Å². The van der Waals surface area contributed by atoms with Gasteiger partial charge in [-0.15, -0.1) is 0 Å². The van der Waals surface area contributed by atoms with Crippen LogP contribution in [0, 0.1) is 6.92 Å². The van der Waals surface area contributed by atoms with Gasteiger partial charge in [-0.2, -0.15) is 12.6 Å². The number of nitrogens with one attached hydrogen (secondary N) is 1. The summed E-state index contributed by atoms with van der Waals surface area (Å²) in [7, 11) is 0. The van der Waals surface area contributed by atoms with Crippen LogP contribution in [0.1, 0.15) is 66.3 Å². The summed E-state index contributed by atoms with van der Waals surface area (Å²) in [5.41, 5.74) is -1.19. The summed E-state index contributed by atoms with van der Waals surface area (Å²) in [4.78, 5) is 32.1. The van der Waals surface area contributed by atoms with Crippen molar-refractivity contribution in [2.24, 2.45) is 0 Å². The molecule has 1 aromatic carbocycles. The highest BCUT2D eigenvalue weighted by Crippen LogP contribution is 2.21. The molecule has 0 saturated carbocycles. The van der Waals surface area contributed by atoms with Crippen molar-refractivity contribution in [3.8, 4) is 5.75 Å². The molecule has 0 radical (unpaired) electrons. The fourth-order valence-corrected chi connectivity index (χ4v) is 4.18. The molecule has 1 aromatic heterocycles. The monoisotopic (exact) mass is 533 g/mol. The van der Waals surface area contributed by atoms with Gasteiger partial charge >= 0.3 is 0 Å². The highest BCUT2D eigenvalue weighted by Gasteiger charge is 2.43. The van der Waals surface area contributed by atoms with Gasteiger partial charge in [0.05, 0.1) is 6.10 Å². The Kier molecular flexibility index (Phi) is 11.8. The van der Waals surface area contributed by atoms with E-state index >= 15 is 0 Å². The predicted octanol–water partition coefficient (Wildman–Crippen LogP) is 2.58. The molecule has 0 aliphatic rings. The molecule has 2 amide bonds. The van der Waals surface area contributed by atoms with Gasteiger partial charge in [0, 0.05) is 41.9 Å². The second-order valence-corrected chi connectivity index (χ2v) is 10.2. The van der Waals surface area contributed by atoms with E-state index in [4.69, 9.17) is 4.74 Å². The molecular weight excluding hydrogens is 494 g/mol. The van der Waals surface area contributed by atoms with Gasteiger partial charge in [-0.3, -0.25) is 14.6 Å². The molecule has 3 unspecified atom stereocenters. The smallest absolute Gasteiger partial charge is 0.253 e. The zero-order valence-corrected chi connectivity index (χ0v) is 22.8. The third-order valence-corrected chi connectivity index (χ3v) is 5.95. The number of benzene rings is 1. The van der Waals surface area contributed by atoms with Crippen molar-refractivity contribution in [2.75, 3.05) is 19.7 Å². The van der Waals surface area contributed by atoms with Gasteiger partial charge in [-0.1, -0.05) is 20.8 Å². The Morgan fingerprint density at radius 1 is 1.11 bits per heavy atom. The highest BCUT2D eigenvalue weighted by atomic mass is 32.1. The van der Waals surface area contributed by atoms with E-state index in [0.717, 1.165) is 12.8 Å². The molecule has 0 bridgehead atoms. The maximum Gasteiger partial charge on any atom is 0.253 e. The lowest BCUT2D eigenvalue weighted by Crippen LogP contribution is -2.64. The van der Waals surface area contributed by atoms with E-state index in [1.165, 1.54) is 18.5 Å². The lowest BCUT2D eigenvalue weighted by atomic mass is 9.97. The number of hydrogen-bond donors (Lipinski definition) is 5. The van der Waals surface area contributed by atoms with Gasteiger partial charge in [0.25, 0.3) is 11.8 Å². The first kappa shape index (κ1) is 30.6. The van der Waals surface area contributed by atoms with Crippen molar-refractivity contribution in [1.29, 1.82) is 0 Å². The van der Waals surface area contributed by atoms with Gasteiger partial charge in [0.15, 0.2) is 0 Å². The number of aryl methyl sites for hydroxylation is 1. The lowest BCUT2D eigenvalue weighted by molar-refractivity contribution is -0.153. The minimum Gasteiger partial charge on any atom is -0.488 e. The molecule has 4 atom stereocenters. The van der Waals surface area contributed by atoms with Crippen LogP contribution < -0.4 is 10.1 Å². The summed E-state index contributed by atoms with van der Waals surface area (Å²) in [5, 5.41) is 34.8. The van der Waals surface area contributed by atoms with Gasteiger partial charge in [0.2, 0.25) is 5.72 Å². The number of carbonyl (C=O) groups excluding carboxylic acids is 2. The lowest BCUT2D eigenvalue weighted by Gasteiger charge is -2.36. The first-order valence-electron chi connectivity index (χ1n) is 12.5. The normalized spacial score (nSPS) is 15.2. The molecular formula is C27H39N3O6S. The number of hydrogen-bond acceptors (Lipinski definition) is 8. The van der Waals surface area contributed by atoms with Crippen molar-refractivity contribution in [2.45, 2.75) is 70.1 Å². The fraction of sp³-hybridized carbons (Fsp3) is 0.519. The summed E-state index contributed by atoms with van der Waals surface area (Å²) in [5.74, 6) is -0.570. The molecule has 0 aliphatic carbocycles. The van der Waals surface area contributed by atoms with E-state index in [1.54, 1.807) is 43.0 Å². The minimum atomic E-state index is -2.35. The van der Waals surface area contributed by atoms with E-state index in [9.17, 15) is 24.9 Å². The third kappa shape index (κ3) is 8.99. The number of rotatable bonds is 14. The summed E-state index contributed by atoms with van der Waals surface area (Å²) in [6, 6.07) is 7.86. The Labute approximate surface area is 224 Å². The number of ether oxygens (including phenoxy) is 1. The molecule has 2 aromatic rings. The average molecular weight is 534 g/mol. The van der Waals surface area contributed by atoms with Crippen LogP contribution in [0.15, 0.2) is 42.7 Å². The summed E-state index contributed by atoms with van der Waals surface area (Å²) in [6.07, 6.45) is 1.47. The first-order valence-corrected chi connectivity index (χ1v) is 13.0. The predicted molar refractivity (Wildman–Crippen MR) is 145 cm³/mol. The number of nitrogens with zero attached hydrogens (tertiary/aromatic N) is 2. The largest absolute Gasteiger partial charge is 0.488 e. The van der Waals surface area contributed by atoms with Crippen LogP contribution in [0.2, 0.25) is 0 Å². The van der Waals surface area contributed by atoms with E-state index < -0.39 is 30.4 Å². The van der Waals surface area contributed by atoms with Gasteiger partial charge < -0.3 is 30.3 Å². The van der Waals surface area contributed by atoms with Gasteiger partial charge in [0.1, 0.15) is 18.5 Å². The van der Waals surface area contributed by atoms with Crippen molar-refractivity contribution in [3.63, 3.8) is 0 Å². The number of carbonyl (C=O) groups is 2.